The number of carbonyl (C=O) groups is 2. The van der Waals surface area contributed by atoms with E-state index >= 15 is 0 Å². The number of carbonyl (C=O) groups excluding carboxylic acids is 2. The van der Waals surface area contributed by atoms with Crippen molar-refractivity contribution in [3.8, 4) is 0 Å². The van der Waals surface area contributed by atoms with Crippen molar-refractivity contribution in [2.75, 3.05) is 13.2 Å². The maximum Gasteiger partial charge on any atom is 0.324 e. The van der Waals surface area contributed by atoms with Gasteiger partial charge in [-0.25, -0.2) is 0 Å². The van der Waals surface area contributed by atoms with Gasteiger partial charge in [-0.1, -0.05) is 36.5 Å². The van der Waals surface area contributed by atoms with E-state index in [1.807, 2.05) is 12.2 Å². The Bertz CT molecular complexity index is 404. The van der Waals surface area contributed by atoms with Crippen molar-refractivity contribution in [2.24, 2.45) is 5.41 Å². The van der Waals surface area contributed by atoms with E-state index < -0.39 is 17.4 Å². The van der Waals surface area contributed by atoms with Crippen LogP contribution in [0.5, 0.6) is 0 Å². The third-order valence-corrected chi connectivity index (χ3v) is 3.20. The second-order valence-corrected chi connectivity index (χ2v) is 4.92. The van der Waals surface area contributed by atoms with Crippen LogP contribution in [-0.2, 0) is 19.1 Å². The van der Waals surface area contributed by atoms with Gasteiger partial charge in [0.2, 0.25) is 0 Å². The maximum absolute atomic E-state index is 12.5. The van der Waals surface area contributed by atoms with E-state index in [-0.39, 0.29) is 26.1 Å². The number of hydrogen-bond acceptors (Lipinski definition) is 4. The van der Waals surface area contributed by atoms with E-state index in [2.05, 4.69) is 13.2 Å². The number of ether oxygens (including phenoxy) is 2. The summed E-state index contributed by atoms with van der Waals surface area (Å²) in [5, 5.41) is 0. The second-order valence-electron chi connectivity index (χ2n) is 4.92. The maximum atomic E-state index is 12.5. The Kier molecular flexibility index (Phi) is 11.3. The number of hydrogen-bond donors (Lipinski definition) is 0. The number of rotatable bonds is 12. The fourth-order valence-corrected chi connectivity index (χ4v) is 1.99. The van der Waals surface area contributed by atoms with Crippen LogP contribution in [0, 0.1) is 5.41 Å². The van der Waals surface area contributed by atoms with Gasteiger partial charge < -0.3 is 9.47 Å². The van der Waals surface area contributed by atoms with Crippen LogP contribution in [0.2, 0.25) is 0 Å². The van der Waals surface area contributed by atoms with Crippen molar-refractivity contribution >= 4 is 11.9 Å². The van der Waals surface area contributed by atoms with Gasteiger partial charge in [0.05, 0.1) is 13.2 Å². The van der Waals surface area contributed by atoms with Crippen molar-refractivity contribution < 1.29 is 19.1 Å². The van der Waals surface area contributed by atoms with Gasteiger partial charge in [-0.3, -0.25) is 9.59 Å². The Morgan fingerprint density at radius 3 is 1.52 bits per heavy atom. The van der Waals surface area contributed by atoms with Crippen molar-refractivity contribution in [2.45, 2.75) is 39.5 Å². The normalized spacial score (nSPS) is 11.6. The van der Waals surface area contributed by atoms with Gasteiger partial charge in [0.15, 0.2) is 5.41 Å². The van der Waals surface area contributed by atoms with Gasteiger partial charge in [-0.2, -0.15) is 0 Å². The van der Waals surface area contributed by atoms with Crippen LogP contribution in [0.1, 0.15) is 39.5 Å². The van der Waals surface area contributed by atoms with Gasteiger partial charge in [0, 0.05) is 0 Å². The first-order valence-corrected chi connectivity index (χ1v) is 7.95. The highest BCUT2D eigenvalue weighted by Crippen LogP contribution is 2.32. The zero-order valence-electron chi connectivity index (χ0n) is 14.3. The molecule has 4 nitrogen and oxygen atoms in total. The van der Waals surface area contributed by atoms with E-state index in [4.69, 9.17) is 9.47 Å². The first-order chi connectivity index (χ1) is 11.1. The molecule has 0 fully saturated rings. The van der Waals surface area contributed by atoms with Gasteiger partial charge >= 0.3 is 11.9 Å². The molecule has 0 rings (SSSR count). The van der Waals surface area contributed by atoms with E-state index in [0.717, 1.165) is 0 Å². The molecule has 23 heavy (non-hydrogen) atoms. The summed E-state index contributed by atoms with van der Waals surface area (Å²) < 4.78 is 10.3. The minimum absolute atomic E-state index is 0.215. The van der Waals surface area contributed by atoms with Gasteiger partial charge in [-0.15, -0.1) is 13.2 Å². The smallest absolute Gasteiger partial charge is 0.324 e. The summed E-state index contributed by atoms with van der Waals surface area (Å²) >= 11 is 0. The first kappa shape index (κ1) is 20.9. The largest absolute Gasteiger partial charge is 0.465 e. The molecule has 128 valence electrons. The van der Waals surface area contributed by atoms with Crippen molar-refractivity contribution in [3.05, 3.63) is 49.6 Å². The molecule has 0 aliphatic heterocycles. The quantitative estimate of drug-likeness (QED) is 0.308. The van der Waals surface area contributed by atoms with Crippen LogP contribution < -0.4 is 0 Å². The molecule has 0 spiro atoms. The first-order valence-electron chi connectivity index (χ1n) is 7.95. The summed E-state index contributed by atoms with van der Waals surface area (Å²) in [5.74, 6) is -1.10. The Hall–Kier alpha value is -2.10. The molecule has 4 heteroatoms. The summed E-state index contributed by atoms with van der Waals surface area (Å²) in [5.41, 5.74) is -1.35. The Morgan fingerprint density at radius 1 is 0.826 bits per heavy atom. The molecule has 0 bridgehead atoms. The molecule has 0 aromatic carbocycles. The highest BCUT2D eigenvalue weighted by atomic mass is 16.6. The van der Waals surface area contributed by atoms with Crippen LogP contribution in [-0.4, -0.2) is 25.2 Å². The second kappa shape index (κ2) is 12.4. The highest BCUT2D eigenvalue weighted by Gasteiger charge is 2.47. The average molecular weight is 320 g/mol. The summed E-state index contributed by atoms with van der Waals surface area (Å²) in [6.07, 6.45) is 12.7. The lowest BCUT2D eigenvalue weighted by Crippen LogP contribution is -2.41. The minimum Gasteiger partial charge on any atom is -0.465 e. The molecular formula is C19H28O4. The predicted molar refractivity (Wildman–Crippen MR) is 92.8 cm³/mol. The van der Waals surface area contributed by atoms with Crippen LogP contribution >= 0.6 is 0 Å². The molecule has 0 unspecified atom stereocenters. The Balaban J connectivity index is 5.48. The van der Waals surface area contributed by atoms with Crippen LogP contribution in [0.15, 0.2) is 49.6 Å². The Labute approximate surface area is 139 Å². The molecule has 0 amide bonds. The molecule has 0 radical (unpaired) electrons. The third kappa shape index (κ3) is 7.13. The topological polar surface area (TPSA) is 52.6 Å². The number of allylic oxidation sites excluding steroid dienone is 6. The zero-order valence-corrected chi connectivity index (χ0v) is 14.3. The monoisotopic (exact) mass is 320 g/mol. The van der Waals surface area contributed by atoms with E-state index in [0.29, 0.717) is 12.8 Å². The molecule has 0 heterocycles. The molecule has 0 saturated carbocycles. The average Bonchev–Trinajstić information content (AvgIpc) is 2.54. The number of esters is 2. The summed E-state index contributed by atoms with van der Waals surface area (Å²) in [7, 11) is 0. The fourth-order valence-electron chi connectivity index (χ4n) is 1.99. The molecular weight excluding hydrogens is 292 g/mol. The van der Waals surface area contributed by atoms with Crippen molar-refractivity contribution in [3.63, 3.8) is 0 Å². The summed E-state index contributed by atoms with van der Waals surface area (Å²) in [6, 6.07) is 0. The fraction of sp³-hybridized carbons (Fsp3) is 0.474. The summed E-state index contributed by atoms with van der Waals surface area (Å²) in [4.78, 5) is 25.0. The lowest BCUT2D eigenvalue weighted by Gasteiger charge is -2.27. The van der Waals surface area contributed by atoms with Crippen LogP contribution in [0.25, 0.3) is 0 Å². The lowest BCUT2D eigenvalue weighted by molar-refractivity contribution is -0.171. The molecule has 0 aliphatic carbocycles. The van der Waals surface area contributed by atoms with Crippen molar-refractivity contribution in [1.29, 1.82) is 0 Å². The Morgan fingerprint density at radius 2 is 1.22 bits per heavy atom. The molecule has 0 N–H and O–H groups in total. The SMILES string of the molecule is C=CC/C=C/CC(C/C=C/CC=C)(C(=O)OCC)C(=O)OCC. The summed E-state index contributed by atoms with van der Waals surface area (Å²) in [6.45, 7) is 11.1. The molecule has 0 atom stereocenters. The molecule has 0 aromatic heterocycles. The van der Waals surface area contributed by atoms with Crippen LogP contribution in [0.4, 0.5) is 0 Å². The minimum atomic E-state index is -1.35. The van der Waals surface area contributed by atoms with Gasteiger partial charge in [-0.05, 0) is 39.5 Å². The third-order valence-electron chi connectivity index (χ3n) is 3.20. The van der Waals surface area contributed by atoms with Gasteiger partial charge in [0.1, 0.15) is 0 Å². The standard InChI is InChI=1S/C19H28O4/c1-5-9-11-13-15-19(17(20)22-7-3,18(21)23-8-4)16-14-12-10-6-2/h5-6,11-14H,1-2,7-10,15-16H2,3-4H3/b13-11+,14-12+. The predicted octanol–water partition coefficient (Wildman–Crippen LogP) is 4.14. The van der Waals surface area contributed by atoms with E-state index in [1.54, 1.807) is 38.2 Å². The lowest BCUT2D eigenvalue weighted by atomic mass is 9.80. The van der Waals surface area contributed by atoms with Gasteiger partial charge in [0.25, 0.3) is 0 Å². The molecule has 0 aliphatic rings. The highest BCUT2D eigenvalue weighted by molar-refractivity contribution is 6.00. The molecule has 0 saturated heterocycles. The van der Waals surface area contributed by atoms with Crippen molar-refractivity contribution in [1.82, 2.24) is 0 Å². The van der Waals surface area contributed by atoms with E-state index in [9.17, 15) is 9.59 Å². The van der Waals surface area contributed by atoms with E-state index in [1.165, 1.54) is 0 Å². The molecule has 0 aromatic rings. The van der Waals surface area contributed by atoms with Crippen LogP contribution in [0.3, 0.4) is 0 Å². The zero-order chi connectivity index (χ0) is 17.6.